The fourth-order valence-corrected chi connectivity index (χ4v) is 4.45. The number of nitrogens with two attached hydrogens (primary N) is 1. The van der Waals surface area contributed by atoms with E-state index in [4.69, 9.17) is 26.2 Å². The van der Waals surface area contributed by atoms with Gasteiger partial charge in [-0.3, -0.25) is 0 Å². The van der Waals surface area contributed by atoms with Gasteiger partial charge in [-0.05, 0) is 18.2 Å². The molecule has 3 aromatic rings. The van der Waals surface area contributed by atoms with Gasteiger partial charge in [-0.15, -0.1) is 0 Å². The zero-order chi connectivity index (χ0) is 23.9. The van der Waals surface area contributed by atoms with Crippen LogP contribution in [0, 0.1) is 11.6 Å². The maximum absolute atomic E-state index is 15.0. The average molecular weight is 501 g/mol. The van der Waals surface area contributed by atoms with Gasteiger partial charge < -0.3 is 18.8 Å². The van der Waals surface area contributed by atoms with E-state index in [9.17, 15) is 22.0 Å². The lowest BCUT2D eigenvalue weighted by Gasteiger charge is -2.32. The van der Waals surface area contributed by atoms with Crippen LogP contribution in [0.4, 0.5) is 13.6 Å². The minimum absolute atomic E-state index is 0.0490. The second-order valence-electron chi connectivity index (χ2n) is 7.40. The highest BCUT2D eigenvalue weighted by Gasteiger charge is 2.29. The Morgan fingerprint density at radius 1 is 1.33 bits per heavy atom. The predicted molar refractivity (Wildman–Crippen MR) is 114 cm³/mol. The average Bonchev–Trinajstić information content (AvgIpc) is 3.09. The number of carbonyl (C=O) groups is 1. The number of pyridine rings is 1. The number of ether oxygens (including phenoxy) is 2. The lowest BCUT2D eigenvalue weighted by Crippen LogP contribution is -2.46. The van der Waals surface area contributed by atoms with Crippen LogP contribution >= 0.6 is 11.6 Å². The molecule has 1 fully saturated rings. The first-order valence-electron chi connectivity index (χ1n) is 9.71. The third-order valence-electron chi connectivity index (χ3n) is 5.26. The van der Waals surface area contributed by atoms with Gasteiger partial charge in [-0.1, -0.05) is 11.6 Å². The molecule has 4 rings (SSSR count). The largest absolute Gasteiger partial charge is 0.453 e. The van der Waals surface area contributed by atoms with Gasteiger partial charge in [0.25, 0.3) is 0 Å². The van der Waals surface area contributed by atoms with Crippen molar-refractivity contribution in [1.82, 2.24) is 14.3 Å². The Morgan fingerprint density at radius 3 is 2.67 bits per heavy atom. The summed E-state index contributed by atoms with van der Waals surface area (Å²) in [5.74, 6) is -2.29. The molecule has 0 aliphatic carbocycles. The number of morpholine rings is 1. The second-order valence-corrected chi connectivity index (χ2v) is 9.40. The van der Waals surface area contributed by atoms with Gasteiger partial charge in [0, 0.05) is 30.3 Å². The van der Waals surface area contributed by atoms with Gasteiger partial charge in [0.2, 0.25) is 10.0 Å². The molecule has 0 spiro atoms. The van der Waals surface area contributed by atoms with Crippen LogP contribution < -0.4 is 5.14 Å². The third kappa shape index (κ3) is 4.64. The van der Waals surface area contributed by atoms with E-state index in [1.54, 1.807) is 16.7 Å². The summed E-state index contributed by atoms with van der Waals surface area (Å²) in [6.45, 7) is 0.794. The predicted octanol–water partition coefficient (Wildman–Crippen LogP) is 2.59. The van der Waals surface area contributed by atoms with Crippen molar-refractivity contribution in [3.05, 3.63) is 52.8 Å². The summed E-state index contributed by atoms with van der Waals surface area (Å²) in [6.07, 6.45) is 0.714. The van der Waals surface area contributed by atoms with Gasteiger partial charge >= 0.3 is 6.09 Å². The summed E-state index contributed by atoms with van der Waals surface area (Å²) >= 11 is 6.06. The van der Waals surface area contributed by atoms with E-state index in [1.807, 2.05) is 0 Å². The Kier molecular flexibility index (Phi) is 6.27. The van der Waals surface area contributed by atoms with Crippen molar-refractivity contribution in [3.63, 3.8) is 0 Å². The van der Waals surface area contributed by atoms with Gasteiger partial charge in [-0.25, -0.2) is 32.1 Å². The van der Waals surface area contributed by atoms with E-state index in [0.717, 1.165) is 0 Å². The quantitative estimate of drug-likeness (QED) is 0.588. The molecule has 13 heteroatoms. The van der Waals surface area contributed by atoms with Crippen molar-refractivity contribution in [1.29, 1.82) is 0 Å². The van der Waals surface area contributed by atoms with Gasteiger partial charge in [-0.2, -0.15) is 0 Å². The van der Waals surface area contributed by atoms with Crippen LogP contribution in [0.15, 0.2) is 35.4 Å². The van der Waals surface area contributed by atoms with Crippen molar-refractivity contribution in [2.24, 2.45) is 5.14 Å². The lowest BCUT2D eigenvalue weighted by atomic mass is 10.0. The van der Waals surface area contributed by atoms with Crippen LogP contribution in [0.25, 0.3) is 16.9 Å². The number of hydrogen-bond donors (Lipinski definition) is 1. The number of nitrogens with zero attached hydrogens (tertiary/aromatic N) is 3. The third-order valence-corrected chi connectivity index (χ3v) is 6.39. The minimum atomic E-state index is -4.32. The molecular weight excluding hydrogens is 482 g/mol. The van der Waals surface area contributed by atoms with Crippen molar-refractivity contribution < 1.29 is 31.5 Å². The van der Waals surface area contributed by atoms with Crippen molar-refractivity contribution >= 4 is 33.4 Å². The molecule has 1 aliphatic heterocycles. The maximum atomic E-state index is 15.0. The molecule has 1 unspecified atom stereocenters. The van der Waals surface area contributed by atoms with E-state index in [2.05, 4.69) is 4.98 Å². The van der Waals surface area contributed by atoms with Crippen LogP contribution in [-0.4, -0.2) is 61.7 Å². The first-order chi connectivity index (χ1) is 15.6. The molecule has 1 saturated heterocycles. The molecule has 33 heavy (non-hydrogen) atoms. The summed E-state index contributed by atoms with van der Waals surface area (Å²) < 4.78 is 65.2. The molecule has 3 heterocycles. The molecule has 2 N–H and O–H groups in total. The van der Waals surface area contributed by atoms with Gasteiger partial charge in [0.1, 0.15) is 17.3 Å². The molecule has 9 nitrogen and oxygen atoms in total. The highest BCUT2D eigenvalue weighted by Crippen LogP contribution is 2.33. The smallest absolute Gasteiger partial charge is 0.409 e. The Hall–Kier alpha value is -2.80. The van der Waals surface area contributed by atoms with E-state index in [-0.39, 0.29) is 25.3 Å². The molecule has 1 aliphatic rings. The number of halogens is 3. The summed E-state index contributed by atoms with van der Waals surface area (Å²) in [6, 6.07) is 4.39. The van der Waals surface area contributed by atoms with Crippen molar-refractivity contribution in [2.75, 3.05) is 26.8 Å². The van der Waals surface area contributed by atoms with Gasteiger partial charge in [0.05, 0.1) is 48.2 Å². The number of primary sulfonamides is 1. The van der Waals surface area contributed by atoms with Crippen LogP contribution in [0.1, 0.15) is 5.69 Å². The number of imidazole rings is 1. The van der Waals surface area contributed by atoms with Gasteiger partial charge in [0.15, 0.2) is 0 Å². The minimum Gasteiger partial charge on any atom is -0.453 e. The molecule has 2 aromatic heterocycles. The SMILES string of the molecule is COC(=O)N1CCOC(Cc2c(-c3c(F)cc(S(N)(=O)=O)cc3F)nc3cc(Cl)ccn23)C1. The topological polar surface area (TPSA) is 116 Å². The zero-order valence-electron chi connectivity index (χ0n) is 17.3. The number of hydrogen-bond acceptors (Lipinski definition) is 6. The normalized spacial score (nSPS) is 16.9. The molecule has 1 amide bonds. The summed E-state index contributed by atoms with van der Waals surface area (Å²) in [5.41, 5.74) is 0.145. The summed E-state index contributed by atoms with van der Waals surface area (Å²) in [4.78, 5) is 17.0. The fraction of sp³-hybridized carbons (Fsp3) is 0.300. The number of methoxy groups -OCH3 is 1. The van der Waals surface area contributed by atoms with Crippen molar-refractivity contribution in [2.45, 2.75) is 17.4 Å². The zero-order valence-corrected chi connectivity index (χ0v) is 18.9. The first-order valence-corrected chi connectivity index (χ1v) is 11.6. The molecule has 1 atom stereocenters. The number of aromatic nitrogens is 2. The summed E-state index contributed by atoms with van der Waals surface area (Å²) in [5, 5.41) is 5.37. The lowest BCUT2D eigenvalue weighted by molar-refractivity contribution is -0.0241. The first kappa shape index (κ1) is 23.4. The van der Waals surface area contributed by atoms with Crippen molar-refractivity contribution in [3.8, 4) is 11.3 Å². The van der Waals surface area contributed by atoms with Crippen LogP contribution in [0.5, 0.6) is 0 Å². The summed E-state index contributed by atoms with van der Waals surface area (Å²) in [7, 11) is -3.05. The molecule has 0 saturated carbocycles. The number of benzene rings is 1. The van der Waals surface area contributed by atoms with Crippen LogP contribution in [0.3, 0.4) is 0 Å². The Morgan fingerprint density at radius 2 is 2.03 bits per heavy atom. The Balaban J connectivity index is 1.82. The molecule has 0 radical (unpaired) electrons. The number of amides is 1. The Bertz CT molecular complexity index is 1320. The number of rotatable bonds is 4. The molecule has 1 aromatic carbocycles. The second kappa shape index (κ2) is 8.86. The number of fused-ring (bicyclic) bond motifs is 1. The van der Waals surface area contributed by atoms with Crippen LogP contribution in [-0.2, 0) is 25.9 Å². The van der Waals surface area contributed by atoms with E-state index in [0.29, 0.717) is 35.0 Å². The molecular formula is C20H19ClF2N4O5S. The highest BCUT2D eigenvalue weighted by atomic mass is 35.5. The molecule has 0 bridgehead atoms. The van der Waals surface area contributed by atoms with Crippen LogP contribution in [0.2, 0.25) is 5.02 Å². The van der Waals surface area contributed by atoms with E-state index >= 15 is 0 Å². The Labute approximate surface area is 192 Å². The number of sulfonamides is 1. The highest BCUT2D eigenvalue weighted by molar-refractivity contribution is 7.89. The van der Waals surface area contributed by atoms with E-state index < -0.39 is 44.3 Å². The molecule has 176 valence electrons. The standard InChI is InChI=1S/C20H19ClF2N4O5S/c1-31-20(28)26-4-5-32-12(10-26)7-16-19(25-17-6-11(21)2-3-27(16)17)18-14(22)8-13(9-15(18)23)33(24,29)30/h2-3,6,8-9,12H,4-5,7,10H2,1H3,(H2,24,29,30). The fourth-order valence-electron chi connectivity index (χ4n) is 3.76. The maximum Gasteiger partial charge on any atom is 0.409 e. The number of carbonyl (C=O) groups excluding carboxylic acids is 1. The monoisotopic (exact) mass is 500 g/mol. The van der Waals surface area contributed by atoms with E-state index in [1.165, 1.54) is 18.1 Å².